The number of amides is 4. The van der Waals surface area contributed by atoms with E-state index in [0.717, 1.165) is 29.8 Å². The Kier molecular flexibility index (Phi) is 25.3. The monoisotopic (exact) mass is 1700 g/mol. The molecule has 1 aliphatic carbocycles. The molecule has 0 radical (unpaired) electrons. The summed E-state index contributed by atoms with van der Waals surface area (Å²) in [5, 5.41) is 18.3. The van der Waals surface area contributed by atoms with E-state index in [0.29, 0.717) is 132 Å². The fraction of sp³-hybridized carbons (Fsp3) is 0.324. The largest absolute Gasteiger partial charge is 0.405 e. The van der Waals surface area contributed by atoms with Gasteiger partial charge in [0.15, 0.2) is 46.6 Å². The molecule has 10 N–H and O–H groups in total. The molecule has 44 heteroatoms. The van der Waals surface area contributed by atoms with Crippen molar-refractivity contribution in [2.24, 2.45) is 0 Å². The van der Waals surface area contributed by atoms with Crippen LogP contribution in [0.3, 0.4) is 0 Å². The van der Waals surface area contributed by atoms with Crippen molar-refractivity contribution in [2.45, 2.75) is 107 Å². The van der Waals surface area contributed by atoms with Gasteiger partial charge in [-0.25, -0.2) is 86.2 Å². The Bertz CT molecular complexity index is 5570. The van der Waals surface area contributed by atoms with Gasteiger partial charge in [0.2, 0.25) is 23.6 Å². The van der Waals surface area contributed by atoms with Gasteiger partial charge >= 0.3 is 12.4 Å². The highest BCUT2D eigenvalue weighted by molar-refractivity contribution is 6.32. The lowest BCUT2D eigenvalue weighted by atomic mass is 9.76. The van der Waals surface area contributed by atoms with Crippen LogP contribution in [-0.2, 0) is 19.2 Å². The van der Waals surface area contributed by atoms with E-state index < -0.39 is 110 Å². The van der Waals surface area contributed by atoms with Crippen LogP contribution in [0.15, 0.2) is 111 Å². The lowest BCUT2D eigenvalue weighted by Gasteiger charge is -2.41. The van der Waals surface area contributed by atoms with Crippen LogP contribution >= 0.6 is 46.4 Å². The SMILES string of the molecule is CC(C)(Nc1ccnc(-c2c[nH]c3ncc(Cl)cc23)n1)C(=O)NCC(F)(F)F.O=C(NCC(F)(F)F)C1(Nc2nc(-c3c[nH]c4ncc(Cl)cc34)ncc2F)CCC1.O=C(NCC(F)F)[C@H]1CCCN1c1ccnc(-c2c[nH]c3ncc(Cl)cc23)n1.O=C(NCC(F)F)[C@H]1CCCN1c1nc(-c2c[nH]c3ncc(Cl)cc23)ncc1F.[HH].[HH].[HH].[HH].[HH].[HH].[HH]. The standard InChI is InChI=1S/C18H15ClF4N6O.C18H16ClF3N6O.C18H17ClF2N6O.C17H16ClF3N6O.7H2/c19-9-4-10-11(6-25-13(10)24-5-9)14-26-7-12(20)15(28-14)29-17(2-1-3-17)16(30)27-8-18(21,22)23;19-9-4-10-11(6-24-15(10)23-5-9)16-25-7-12(20)17(27-16)28-3-1-2-13(28)18(29)26-8-14(21)22;19-10-6-11-12(8-24-16(11)23-7-10)17-22-4-3-15(26-17)27-5-1-2-13(27)18(28)25-9-14(20)21;1-16(2,15(28)25-8-17(19,20)21)27-12-3-4-22-14(26-12)11-7-24-13-10(11)5-9(18)6-23-13;;;;;;;/h4-7H,1-3,8H2,(H,24,25)(H,27,30)(H,26,28,29);4-7,13-14H,1-3,8H2,(H,23,24)(H,26,29);3-4,6-8,13-14H,1-2,5,9H2,(H,23,24)(H,25,28);3-7H,8H2,1-2H3,(H,23,24)(H,25,28)(H,22,26,27);7*1H/t;2*13-;;;;;;;;/m.11......../s1. The number of nitrogens with zero attached hydrogens (tertiary/aromatic N) is 14. The molecular formula is C71H78Cl4F12N24O4. The lowest BCUT2D eigenvalue weighted by molar-refractivity contribution is -0.142. The zero-order chi connectivity index (χ0) is 82.3. The molecule has 15 rings (SSSR count). The maximum atomic E-state index is 14.5. The Morgan fingerprint density at radius 1 is 0.522 bits per heavy atom. The van der Waals surface area contributed by atoms with E-state index in [2.05, 4.69) is 101 Å². The second-order valence-corrected chi connectivity index (χ2v) is 28.4. The topological polar surface area (TPSA) is 365 Å². The third kappa shape index (κ3) is 20.2. The first kappa shape index (κ1) is 82.9. The van der Waals surface area contributed by atoms with Gasteiger partial charge < -0.3 is 61.6 Å². The molecular weight excluding hydrogens is 1620 g/mol. The number of aromatic amines is 4. The van der Waals surface area contributed by atoms with Gasteiger partial charge in [0, 0.05) is 129 Å². The van der Waals surface area contributed by atoms with Gasteiger partial charge in [-0.3, -0.25) is 19.2 Å². The molecule has 2 aliphatic heterocycles. The quantitative estimate of drug-likeness (QED) is 0.0317. The van der Waals surface area contributed by atoms with E-state index >= 15 is 0 Å². The van der Waals surface area contributed by atoms with E-state index in [-0.39, 0.29) is 51.9 Å². The third-order valence-corrected chi connectivity index (χ3v) is 19.0. The van der Waals surface area contributed by atoms with Crippen LogP contribution in [0.1, 0.15) is 68.8 Å². The third-order valence-electron chi connectivity index (χ3n) is 18.2. The van der Waals surface area contributed by atoms with E-state index in [1.807, 2.05) is 15.5 Å². The molecule has 4 amide bonds. The predicted molar refractivity (Wildman–Crippen MR) is 418 cm³/mol. The second-order valence-electron chi connectivity index (χ2n) is 26.6. The number of H-pyrrole nitrogens is 4. The fourth-order valence-electron chi connectivity index (χ4n) is 12.6. The Labute approximate surface area is 672 Å². The average molecular weight is 1700 g/mol. The van der Waals surface area contributed by atoms with Gasteiger partial charge in [0.1, 0.15) is 70.5 Å². The highest BCUT2D eigenvalue weighted by atomic mass is 35.5. The first-order chi connectivity index (χ1) is 54.7. The van der Waals surface area contributed by atoms with Crippen LogP contribution in [0.4, 0.5) is 76.0 Å². The number of alkyl halides is 10. The molecule has 0 aromatic carbocycles. The smallest absolute Gasteiger partial charge is 0.356 e. The number of fused-ring (bicyclic) bond motifs is 4. The van der Waals surface area contributed by atoms with Gasteiger partial charge in [-0.2, -0.15) is 26.3 Å². The van der Waals surface area contributed by atoms with Gasteiger partial charge in [0.05, 0.1) is 45.6 Å². The van der Waals surface area contributed by atoms with Crippen molar-refractivity contribution in [3.63, 3.8) is 0 Å². The van der Waals surface area contributed by atoms with Crippen molar-refractivity contribution in [2.75, 3.05) is 59.7 Å². The molecule has 14 heterocycles. The highest BCUT2D eigenvalue weighted by Gasteiger charge is 2.46. The molecule has 115 heavy (non-hydrogen) atoms. The summed E-state index contributed by atoms with van der Waals surface area (Å²) in [6, 6.07) is 8.76. The Balaban J connectivity index is 0.000000284. The number of carbonyl (C=O) groups excluding carboxylic acids is 4. The van der Waals surface area contributed by atoms with Crippen LogP contribution < -0.4 is 41.7 Å². The average Bonchev–Trinajstić information content (AvgIpc) is 1.37. The summed E-state index contributed by atoms with van der Waals surface area (Å²) in [6.45, 7) is -0.367. The van der Waals surface area contributed by atoms with Crippen LogP contribution in [0, 0.1) is 11.6 Å². The molecule has 3 fully saturated rings. The molecule has 2 saturated heterocycles. The van der Waals surface area contributed by atoms with Crippen molar-refractivity contribution in [1.29, 1.82) is 0 Å². The number of pyridine rings is 4. The maximum absolute atomic E-state index is 14.5. The molecule has 0 spiro atoms. The number of nitrogens with one attached hydrogen (secondary N) is 10. The summed E-state index contributed by atoms with van der Waals surface area (Å²) < 4.78 is 153. The normalized spacial score (nSPS) is 15.4. The first-order valence-electron chi connectivity index (χ1n) is 34.8. The van der Waals surface area contributed by atoms with E-state index in [9.17, 15) is 71.9 Å². The summed E-state index contributed by atoms with van der Waals surface area (Å²) in [5.41, 5.74) is 2.15. The van der Waals surface area contributed by atoms with E-state index in [1.54, 1.807) is 67.5 Å². The van der Waals surface area contributed by atoms with Crippen molar-refractivity contribution >= 4 is 137 Å². The zero-order valence-corrected chi connectivity index (χ0v) is 62.9. The van der Waals surface area contributed by atoms with Crippen molar-refractivity contribution < 1.29 is 81.8 Å². The second kappa shape index (κ2) is 35.1. The molecule has 0 unspecified atom stereocenters. The molecule has 0 bridgehead atoms. The van der Waals surface area contributed by atoms with Gasteiger partial charge in [-0.05, 0) is 95.2 Å². The predicted octanol–water partition coefficient (Wildman–Crippen LogP) is 15.3. The molecule has 12 aromatic rings. The number of halogens is 16. The number of carbonyl (C=O) groups is 4. The van der Waals surface area contributed by atoms with Crippen LogP contribution in [-0.4, -0.2) is 191 Å². The highest BCUT2D eigenvalue weighted by Crippen LogP contribution is 2.39. The minimum absolute atomic E-state index is 0. The van der Waals surface area contributed by atoms with Crippen molar-refractivity contribution in [1.82, 2.24) is 101 Å². The number of anilines is 4. The minimum Gasteiger partial charge on any atom is -0.356 e. The lowest BCUT2D eigenvalue weighted by Crippen LogP contribution is -2.58. The first-order valence-corrected chi connectivity index (χ1v) is 36.3. The Hall–Kier alpha value is -11.5. The maximum Gasteiger partial charge on any atom is 0.405 e. The number of hydrogen-bond acceptors (Lipinski definition) is 20. The fourth-order valence-corrected chi connectivity index (χ4v) is 13.2. The van der Waals surface area contributed by atoms with Crippen LogP contribution in [0.2, 0.25) is 20.1 Å². The summed E-state index contributed by atoms with van der Waals surface area (Å²) >= 11 is 24.1. The Morgan fingerprint density at radius 2 is 0.939 bits per heavy atom. The molecule has 28 nitrogen and oxygen atoms in total. The molecule has 3 aliphatic rings. The van der Waals surface area contributed by atoms with E-state index in [4.69, 9.17) is 46.4 Å². The van der Waals surface area contributed by atoms with Crippen LogP contribution in [0.5, 0.6) is 0 Å². The van der Waals surface area contributed by atoms with Gasteiger partial charge in [-0.1, -0.05) is 46.4 Å². The molecule has 12 aromatic heterocycles. The summed E-state index contributed by atoms with van der Waals surface area (Å²) in [4.78, 5) is 115. The van der Waals surface area contributed by atoms with Gasteiger partial charge in [0.25, 0.3) is 12.9 Å². The molecule has 2 atom stereocenters. The van der Waals surface area contributed by atoms with Gasteiger partial charge in [-0.15, -0.1) is 0 Å². The number of aromatic nitrogens is 16. The zero-order valence-electron chi connectivity index (χ0n) is 59.8. The Morgan fingerprint density at radius 3 is 1.39 bits per heavy atom. The van der Waals surface area contributed by atoms with Crippen LogP contribution in [0.25, 0.3) is 89.7 Å². The molecule has 618 valence electrons. The van der Waals surface area contributed by atoms with Crippen molar-refractivity contribution in [3.05, 3.63) is 142 Å². The summed E-state index contributed by atoms with van der Waals surface area (Å²) in [5.74, 6) is -2.48. The number of hydrogen-bond donors (Lipinski definition) is 10. The summed E-state index contributed by atoms with van der Waals surface area (Å²) in [7, 11) is 0. The number of rotatable bonds is 20. The summed E-state index contributed by atoms with van der Waals surface area (Å²) in [6.07, 6.45) is 6.95. The molecule has 1 saturated carbocycles. The van der Waals surface area contributed by atoms with Crippen molar-refractivity contribution in [3.8, 4) is 45.6 Å². The van der Waals surface area contributed by atoms with E-state index in [1.165, 1.54) is 49.6 Å². The minimum atomic E-state index is -4.54.